The van der Waals surface area contributed by atoms with E-state index in [0.717, 1.165) is 11.3 Å². The average molecular weight is 297 g/mol. The van der Waals surface area contributed by atoms with E-state index in [-0.39, 0.29) is 6.54 Å². The van der Waals surface area contributed by atoms with E-state index in [9.17, 15) is 13.2 Å². The molecule has 1 heterocycles. The van der Waals surface area contributed by atoms with Crippen molar-refractivity contribution >= 4 is 0 Å². The molecule has 2 rings (SSSR count). The third-order valence-corrected chi connectivity index (χ3v) is 3.28. The molecule has 1 aromatic heterocycles. The van der Waals surface area contributed by atoms with Crippen LogP contribution < -0.4 is 0 Å². The van der Waals surface area contributed by atoms with Crippen molar-refractivity contribution in [1.29, 1.82) is 0 Å². The standard InChI is InChI=1S/C15H18F3N3/c1-12(15(16,17)18)10-20(2)11-13-5-3-6-14(9-13)21-8-4-7-19-21/h3-9,12H,10-11H2,1-2H3/t12-/m1/s1. The van der Waals surface area contributed by atoms with Crippen molar-refractivity contribution in [3.63, 3.8) is 0 Å². The van der Waals surface area contributed by atoms with Crippen LogP contribution in [0.3, 0.4) is 0 Å². The molecule has 0 saturated carbocycles. The summed E-state index contributed by atoms with van der Waals surface area (Å²) in [4.78, 5) is 1.68. The first-order valence-electron chi connectivity index (χ1n) is 6.70. The van der Waals surface area contributed by atoms with Crippen LogP contribution in [0.25, 0.3) is 5.69 Å². The Hall–Kier alpha value is -1.82. The number of halogens is 3. The molecule has 3 nitrogen and oxygen atoms in total. The zero-order chi connectivity index (χ0) is 15.5. The van der Waals surface area contributed by atoms with Crippen LogP contribution >= 0.6 is 0 Å². The van der Waals surface area contributed by atoms with Crippen molar-refractivity contribution < 1.29 is 13.2 Å². The van der Waals surface area contributed by atoms with Crippen molar-refractivity contribution in [2.45, 2.75) is 19.6 Å². The summed E-state index contributed by atoms with van der Waals surface area (Å²) in [6, 6.07) is 9.45. The lowest BCUT2D eigenvalue weighted by atomic mass is 10.1. The van der Waals surface area contributed by atoms with Crippen LogP contribution in [0.5, 0.6) is 0 Å². The van der Waals surface area contributed by atoms with Gasteiger partial charge in [0.15, 0.2) is 0 Å². The zero-order valence-corrected chi connectivity index (χ0v) is 12.0. The topological polar surface area (TPSA) is 21.1 Å². The maximum atomic E-state index is 12.6. The van der Waals surface area contributed by atoms with Crippen LogP contribution in [-0.2, 0) is 6.54 Å². The summed E-state index contributed by atoms with van der Waals surface area (Å²) in [6.45, 7) is 1.65. The fourth-order valence-electron chi connectivity index (χ4n) is 2.17. The van der Waals surface area contributed by atoms with Crippen molar-refractivity contribution in [1.82, 2.24) is 14.7 Å². The number of alkyl halides is 3. The molecule has 0 N–H and O–H groups in total. The Morgan fingerprint density at radius 2 is 2.05 bits per heavy atom. The van der Waals surface area contributed by atoms with E-state index in [2.05, 4.69) is 5.10 Å². The van der Waals surface area contributed by atoms with Crippen molar-refractivity contribution in [2.24, 2.45) is 5.92 Å². The monoisotopic (exact) mass is 297 g/mol. The molecule has 0 bridgehead atoms. The van der Waals surface area contributed by atoms with Crippen molar-refractivity contribution in [3.8, 4) is 5.69 Å². The lowest BCUT2D eigenvalue weighted by molar-refractivity contribution is -0.173. The minimum atomic E-state index is -4.15. The maximum Gasteiger partial charge on any atom is 0.392 e. The highest BCUT2D eigenvalue weighted by molar-refractivity contribution is 5.34. The Balaban J connectivity index is 2.01. The van der Waals surface area contributed by atoms with Gasteiger partial charge in [-0.15, -0.1) is 0 Å². The van der Waals surface area contributed by atoms with Gasteiger partial charge in [0.1, 0.15) is 0 Å². The van der Waals surface area contributed by atoms with Gasteiger partial charge in [0, 0.05) is 25.5 Å². The van der Waals surface area contributed by atoms with Crippen LogP contribution in [0.1, 0.15) is 12.5 Å². The highest BCUT2D eigenvalue weighted by atomic mass is 19.4. The number of nitrogens with zero attached hydrogens (tertiary/aromatic N) is 3. The van der Waals surface area contributed by atoms with Crippen LogP contribution in [-0.4, -0.2) is 34.4 Å². The largest absolute Gasteiger partial charge is 0.392 e. The Morgan fingerprint density at radius 1 is 1.29 bits per heavy atom. The van der Waals surface area contributed by atoms with Gasteiger partial charge in [-0.2, -0.15) is 18.3 Å². The SMILES string of the molecule is C[C@H](CN(C)Cc1cccc(-n2cccn2)c1)C(F)(F)F. The van der Waals surface area contributed by atoms with Gasteiger partial charge in [-0.3, -0.25) is 0 Å². The second-order valence-corrected chi connectivity index (χ2v) is 5.26. The number of hydrogen-bond donors (Lipinski definition) is 0. The first-order valence-corrected chi connectivity index (χ1v) is 6.70. The molecule has 2 aromatic rings. The zero-order valence-electron chi connectivity index (χ0n) is 12.0. The second-order valence-electron chi connectivity index (χ2n) is 5.26. The molecule has 21 heavy (non-hydrogen) atoms. The predicted octanol–water partition coefficient (Wildman–Crippen LogP) is 3.50. The van der Waals surface area contributed by atoms with Crippen LogP contribution in [0.4, 0.5) is 13.2 Å². The van der Waals surface area contributed by atoms with E-state index in [4.69, 9.17) is 0 Å². The summed E-state index contributed by atoms with van der Waals surface area (Å²) in [7, 11) is 1.70. The molecule has 0 saturated heterocycles. The predicted molar refractivity (Wildman–Crippen MR) is 75.1 cm³/mol. The second kappa shape index (κ2) is 6.30. The molecule has 0 aliphatic carbocycles. The highest BCUT2D eigenvalue weighted by Crippen LogP contribution is 2.26. The Labute approximate surface area is 122 Å². The summed E-state index contributed by atoms with van der Waals surface area (Å²) in [5, 5.41) is 4.14. The smallest absolute Gasteiger partial charge is 0.302 e. The third kappa shape index (κ3) is 4.32. The minimum absolute atomic E-state index is 0.0184. The quantitative estimate of drug-likeness (QED) is 0.842. The lowest BCUT2D eigenvalue weighted by Crippen LogP contribution is -2.32. The van der Waals surface area contributed by atoms with Gasteiger partial charge in [-0.05, 0) is 30.8 Å². The normalized spacial score (nSPS) is 13.6. The molecular weight excluding hydrogens is 279 g/mol. The average Bonchev–Trinajstić information content (AvgIpc) is 2.91. The van der Waals surface area contributed by atoms with E-state index in [1.807, 2.05) is 36.5 Å². The molecule has 6 heteroatoms. The summed E-state index contributed by atoms with van der Waals surface area (Å²) >= 11 is 0. The van der Waals surface area contributed by atoms with Gasteiger partial charge < -0.3 is 4.90 Å². The van der Waals surface area contributed by atoms with Gasteiger partial charge in [-0.1, -0.05) is 19.1 Å². The molecule has 0 aliphatic rings. The lowest BCUT2D eigenvalue weighted by Gasteiger charge is -2.23. The number of benzene rings is 1. The molecule has 1 atom stereocenters. The van der Waals surface area contributed by atoms with Crippen LogP contribution in [0.15, 0.2) is 42.7 Å². The van der Waals surface area contributed by atoms with Crippen LogP contribution in [0, 0.1) is 5.92 Å². The first kappa shape index (κ1) is 15.6. The van der Waals surface area contributed by atoms with Gasteiger partial charge >= 0.3 is 6.18 Å². The fraction of sp³-hybridized carbons (Fsp3) is 0.400. The maximum absolute atomic E-state index is 12.6. The Bertz CT molecular complexity index is 564. The molecule has 1 aromatic carbocycles. The summed E-state index contributed by atoms with van der Waals surface area (Å²) < 4.78 is 39.4. The summed E-state index contributed by atoms with van der Waals surface area (Å²) in [6.07, 6.45) is -0.635. The first-order chi connectivity index (χ1) is 9.86. The van der Waals surface area contributed by atoms with E-state index >= 15 is 0 Å². The number of rotatable bonds is 5. The Morgan fingerprint density at radius 3 is 2.67 bits per heavy atom. The van der Waals surface area contributed by atoms with Crippen molar-refractivity contribution in [2.75, 3.05) is 13.6 Å². The molecule has 0 radical (unpaired) electrons. The fourth-order valence-corrected chi connectivity index (χ4v) is 2.17. The molecule has 0 aliphatic heterocycles. The summed E-state index contributed by atoms with van der Waals surface area (Å²) in [5.41, 5.74) is 1.86. The molecular formula is C15H18F3N3. The molecule has 114 valence electrons. The van der Waals surface area contributed by atoms with E-state index < -0.39 is 12.1 Å². The summed E-state index contributed by atoms with van der Waals surface area (Å²) in [5.74, 6) is -1.34. The van der Waals surface area contributed by atoms with Gasteiger partial charge in [0.2, 0.25) is 0 Å². The molecule has 0 amide bonds. The van der Waals surface area contributed by atoms with E-state index in [1.165, 1.54) is 6.92 Å². The molecule has 0 unspecified atom stereocenters. The van der Waals surface area contributed by atoms with E-state index in [1.54, 1.807) is 22.8 Å². The van der Waals surface area contributed by atoms with E-state index in [0.29, 0.717) is 6.54 Å². The number of hydrogen-bond acceptors (Lipinski definition) is 2. The Kier molecular flexibility index (Phi) is 4.67. The molecule has 0 fully saturated rings. The van der Waals surface area contributed by atoms with Gasteiger partial charge in [-0.25, -0.2) is 4.68 Å². The third-order valence-electron chi connectivity index (χ3n) is 3.28. The highest BCUT2D eigenvalue weighted by Gasteiger charge is 2.36. The van der Waals surface area contributed by atoms with Gasteiger partial charge in [0.25, 0.3) is 0 Å². The van der Waals surface area contributed by atoms with Crippen molar-refractivity contribution in [3.05, 3.63) is 48.3 Å². The van der Waals surface area contributed by atoms with Gasteiger partial charge in [0.05, 0.1) is 11.6 Å². The minimum Gasteiger partial charge on any atom is -0.302 e. The number of aromatic nitrogens is 2. The molecule has 0 spiro atoms. The van der Waals surface area contributed by atoms with Crippen LogP contribution in [0.2, 0.25) is 0 Å².